The molecule has 0 aliphatic carbocycles. The van der Waals surface area contributed by atoms with E-state index in [-0.39, 0.29) is 6.42 Å². The number of esters is 2. The maximum atomic E-state index is 12.6. The molecular formula is C15H16O5. The van der Waals surface area contributed by atoms with Gasteiger partial charge in [0.25, 0.3) is 6.29 Å². The van der Waals surface area contributed by atoms with Crippen molar-refractivity contribution in [3.8, 4) is 5.75 Å². The predicted octanol–water partition coefficient (Wildman–Crippen LogP) is 1.93. The van der Waals surface area contributed by atoms with Crippen LogP contribution in [0.5, 0.6) is 5.75 Å². The van der Waals surface area contributed by atoms with Crippen molar-refractivity contribution in [2.24, 2.45) is 0 Å². The summed E-state index contributed by atoms with van der Waals surface area (Å²) in [5.41, 5.74) is -1.16. The summed E-state index contributed by atoms with van der Waals surface area (Å²) < 4.78 is 16.2. The maximum absolute atomic E-state index is 12.6. The topological polar surface area (TPSA) is 61.8 Å². The molecule has 2 unspecified atom stereocenters. The van der Waals surface area contributed by atoms with Gasteiger partial charge in [-0.3, -0.25) is 9.59 Å². The van der Waals surface area contributed by atoms with Crippen molar-refractivity contribution in [1.82, 2.24) is 0 Å². The molecule has 0 saturated carbocycles. The Balaban J connectivity index is 2.07. The highest BCUT2D eigenvalue weighted by molar-refractivity contribution is 5.94. The van der Waals surface area contributed by atoms with Crippen LogP contribution in [-0.2, 0) is 24.5 Å². The molecule has 0 spiro atoms. The van der Waals surface area contributed by atoms with Gasteiger partial charge in [-0.1, -0.05) is 18.2 Å². The van der Waals surface area contributed by atoms with Crippen molar-refractivity contribution >= 4 is 11.9 Å². The Morgan fingerprint density at radius 1 is 1.30 bits per heavy atom. The van der Waals surface area contributed by atoms with Gasteiger partial charge in [-0.25, -0.2) is 0 Å². The largest absolute Gasteiger partial charge is 0.459 e. The van der Waals surface area contributed by atoms with E-state index in [1.807, 2.05) is 6.07 Å². The smallest absolute Gasteiger partial charge is 0.325 e. The summed E-state index contributed by atoms with van der Waals surface area (Å²) in [6.07, 6.45) is -0.980. The number of rotatable bonds is 1. The fraction of sp³-hybridized carbons (Fsp3) is 0.467. The minimum absolute atomic E-state index is 0.0520. The third-order valence-electron chi connectivity index (χ3n) is 3.43. The number of ether oxygens (including phenoxy) is 3. The lowest BCUT2D eigenvalue weighted by Crippen LogP contribution is -2.45. The summed E-state index contributed by atoms with van der Waals surface area (Å²) in [5.74, 6) is -0.364. The Morgan fingerprint density at radius 2 is 2.00 bits per heavy atom. The van der Waals surface area contributed by atoms with E-state index < -0.39 is 29.2 Å². The Kier molecular flexibility index (Phi) is 2.58. The van der Waals surface area contributed by atoms with Crippen LogP contribution < -0.4 is 4.74 Å². The molecule has 1 aromatic rings. The van der Waals surface area contributed by atoms with Crippen LogP contribution >= 0.6 is 0 Å². The molecule has 0 N–H and O–H groups in total. The maximum Gasteiger partial charge on any atom is 0.325 e. The van der Waals surface area contributed by atoms with Gasteiger partial charge in [0.15, 0.2) is 5.41 Å². The SMILES string of the molecule is CC(C)(C)OC(=O)C12CC(=O)OC1Oc1ccccc12. The fourth-order valence-corrected chi connectivity index (χ4v) is 2.62. The zero-order chi connectivity index (χ0) is 14.5. The second-order valence-electron chi connectivity index (χ2n) is 6.09. The lowest BCUT2D eigenvalue weighted by Gasteiger charge is -2.28. The van der Waals surface area contributed by atoms with Gasteiger partial charge in [0, 0.05) is 5.56 Å². The van der Waals surface area contributed by atoms with Crippen LogP contribution in [0.15, 0.2) is 24.3 Å². The van der Waals surface area contributed by atoms with E-state index >= 15 is 0 Å². The first kappa shape index (κ1) is 13.0. The molecule has 20 heavy (non-hydrogen) atoms. The number of fused-ring (bicyclic) bond motifs is 3. The summed E-state index contributed by atoms with van der Waals surface area (Å²) in [5, 5.41) is 0. The molecule has 0 aromatic heterocycles. The van der Waals surface area contributed by atoms with Crippen molar-refractivity contribution in [1.29, 1.82) is 0 Å². The van der Waals surface area contributed by atoms with E-state index in [0.29, 0.717) is 11.3 Å². The molecule has 2 aliphatic rings. The fourth-order valence-electron chi connectivity index (χ4n) is 2.62. The van der Waals surface area contributed by atoms with Crippen molar-refractivity contribution in [2.75, 3.05) is 0 Å². The molecule has 0 radical (unpaired) electrons. The standard InChI is InChI=1S/C15H16O5/c1-14(2,3)20-12(17)15-8-11(16)19-13(15)18-10-7-5-4-6-9(10)15/h4-7,13H,8H2,1-3H3. The van der Waals surface area contributed by atoms with Crippen molar-refractivity contribution in [3.63, 3.8) is 0 Å². The highest BCUT2D eigenvalue weighted by Crippen LogP contribution is 2.50. The van der Waals surface area contributed by atoms with Crippen molar-refractivity contribution in [3.05, 3.63) is 29.8 Å². The minimum Gasteiger partial charge on any atom is -0.459 e. The summed E-state index contributed by atoms with van der Waals surface area (Å²) in [7, 11) is 0. The molecule has 5 nitrogen and oxygen atoms in total. The summed E-state index contributed by atoms with van der Waals surface area (Å²) >= 11 is 0. The first-order valence-corrected chi connectivity index (χ1v) is 6.52. The lowest BCUT2D eigenvalue weighted by molar-refractivity contribution is -0.170. The average Bonchev–Trinajstić information content (AvgIpc) is 2.79. The van der Waals surface area contributed by atoms with E-state index in [9.17, 15) is 9.59 Å². The van der Waals surface area contributed by atoms with E-state index in [1.54, 1.807) is 39.0 Å². The van der Waals surface area contributed by atoms with Crippen molar-refractivity contribution in [2.45, 2.75) is 44.5 Å². The Labute approximate surface area is 116 Å². The number of hydrogen-bond acceptors (Lipinski definition) is 5. The third kappa shape index (κ3) is 1.77. The van der Waals surface area contributed by atoms with Crippen molar-refractivity contribution < 1.29 is 23.8 Å². The molecule has 5 heteroatoms. The molecule has 2 aliphatic heterocycles. The quantitative estimate of drug-likeness (QED) is 0.733. The minimum atomic E-state index is -1.18. The molecule has 1 aromatic carbocycles. The Hall–Kier alpha value is -2.04. The second kappa shape index (κ2) is 3.98. The van der Waals surface area contributed by atoms with Gasteiger partial charge in [0.1, 0.15) is 11.4 Å². The highest BCUT2D eigenvalue weighted by Gasteiger charge is 2.64. The number of para-hydroxylation sites is 1. The highest BCUT2D eigenvalue weighted by atomic mass is 16.7. The molecule has 1 fully saturated rings. The number of carbonyl (C=O) groups excluding carboxylic acids is 2. The molecule has 106 valence electrons. The summed E-state index contributed by atoms with van der Waals surface area (Å²) in [6.45, 7) is 5.36. The van der Waals surface area contributed by atoms with E-state index in [1.165, 1.54) is 0 Å². The van der Waals surface area contributed by atoms with Crippen LogP contribution in [0.3, 0.4) is 0 Å². The molecular weight excluding hydrogens is 260 g/mol. The second-order valence-corrected chi connectivity index (χ2v) is 6.09. The van der Waals surface area contributed by atoms with Gasteiger partial charge < -0.3 is 14.2 Å². The first-order valence-electron chi connectivity index (χ1n) is 6.52. The van der Waals surface area contributed by atoms with Gasteiger partial charge in [-0.15, -0.1) is 0 Å². The van der Waals surface area contributed by atoms with Crippen LogP contribution in [0.25, 0.3) is 0 Å². The van der Waals surface area contributed by atoms with Gasteiger partial charge in [0.05, 0.1) is 6.42 Å². The zero-order valence-corrected chi connectivity index (χ0v) is 11.6. The monoisotopic (exact) mass is 276 g/mol. The van der Waals surface area contributed by atoms with Crippen LogP contribution in [0, 0.1) is 0 Å². The zero-order valence-electron chi connectivity index (χ0n) is 11.6. The van der Waals surface area contributed by atoms with E-state index in [2.05, 4.69) is 0 Å². The predicted molar refractivity (Wildman–Crippen MR) is 69.1 cm³/mol. The van der Waals surface area contributed by atoms with Gasteiger partial charge in [0.2, 0.25) is 0 Å². The molecule has 0 bridgehead atoms. The lowest BCUT2D eigenvalue weighted by atomic mass is 9.79. The molecule has 2 atom stereocenters. The normalized spacial score (nSPS) is 27.4. The van der Waals surface area contributed by atoms with Crippen LogP contribution in [0.2, 0.25) is 0 Å². The van der Waals surface area contributed by atoms with E-state index in [4.69, 9.17) is 14.2 Å². The summed E-state index contributed by atoms with van der Waals surface area (Å²) in [4.78, 5) is 24.3. The number of hydrogen-bond donors (Lipinski definition) is 0. The Morgan fingerprint density at radius 3 is 2.70 bits per heavy atom. The van der Waals surface area contributed by atoms with E-state index in [0.717, 1.165) is 0 Å². The number of carbonyl (C=O) groups is 2. The van der Waals surface area contributed by atoms with Crippen LogP contribution in [0.4, 0.5) is 0 Å². The molecule has 0 amide bonds. The van der Waals surface area contributed by atoms with Crippen LogP contribution in [0.1, 0.15) is 32.8 Å². The summed E-state index contributed by atoms with van der Waals surface area (Å²) in [6, 6.07) is 7.15. The molecule has 2 heterocycles. The first-order chi connectivity index (χ1) is 9.33. The van der Waals surface area contributed by atoms with Crippen LogP contribution in [-0.4, -0.2) is 23.8 Å². The molecule has 1 saturated heterocycles. The average molecular weight is 276 g/mol. The third-order valence-corrected chi connectivity index (χ3v) is 3.43. The molecule has 3 rings (SSSR count). The van der Waals surface area contributed by atoms with Gasteiger partial charge in [-0.05, 0) is 26.8 Å². The Bertz CT molecular complexity index is 586. The number of benzene rings is 1. The van der Waals surface area contributed by atoms with Gasteiger partial charge in [-0.2, -0.15) is 0 Å². The van der Waals surface area contributed by atoms with Gasteiger partial charge >= 0.3 is 11.9 Å².